The SMILES string of the molecule is O=C1NCC(C(=O)O)c2cc(Br)ccc21. The summed E-state index contributed by atoms with van der Waals surface area (Å²) in [5, 5.41) is 11.5. The normalized spacial score (nSPS) is 19.3. The van der Waals surface area contributed by atoms with Crippen LogP contribution in [0.25, 0.3) is 0 Å². The molecule has 1 aromatic rings. The van der Waals surface area contributed by atoms with E-state index in [0.29, 0.717) is 11.1 Å². The van der Waals surface area contributed by atoms with E-state index in [0.717, 1.165) is 4.47 Å². The highest BCUT2D eigenvalue weighted by atomic mass is 79.9. The van der Waals surface area contributed by atoms with Gasteiger partial charge in [0.1, 0.15) is 0 Å². The van der Waals surface area contributed by atoms with Gasteiger partial charge in [-0.05, 0) is 23.8 Å². The lowest BCUT2D eigenvalue weighted by molar-refractivity contribution is -0.138. The molecule has 78 valence electrons. The Bertz CT molecular complexity index is 444. The van der Waals surface area contributed by atoms with E-state index in [1.165, 1.54) is 0 Å². The molecule has 4 nitrogen and oxygen atoms in total. The molecule has 1 heterocycles. The van der Waals surface area contributed by atoms with Crippen LogP contribution in [0.1, 0.15) is 21.8 Å². The van der Waals surface area contributed by atoms with Crippen LogP contribution in [0.15, 0.2) is 22.7 Å². The number of carbonyl (C=O) groups excluding carboxylic acids is 1. The van der Waals surface area contributed by atoms with Gasteiger partial charge < -0.3 is 10.4 Å². The number of hydrogen-bond acceptors (Lipinski definition) is 2. The van der Waals surface area contributed by atoms with Gasteiger partial charge in [-0.15, -0.1) is 0 Å². The molecule has 1 aromatic carbocycles. The van der Waals surface area contributed by atoms with Crippen molar-refractivity contribution < 1.29 is 14.7 Å². The first kappa shape index (κ1) is 10.2. The molecule has 0 fully saturated rings. The van der Waals surface area contributed by atoms with E-state index in [1.807, 2.05) is 0 Å². The Labute approximate surface area is 94.4 Å². The molecular formula is C10H8BrNO3. The maximum Gasteiger partial charge on any atom is 0.312 e. The number of fused-ring (bicyclic) bond motifs is 1. The Kier molecular flexibility index (Phi) is 2.48. The predicted molar refractivity (Wildman–Crippen MR) is 56.9 cm³/mol. The van der Waals surface area contributed by atoms with Crippen LogP contribution < -0.4 is 5.32 Å². The predicted octanol–water partition coefficient (Wildman–Crippen LogP) is 1.36. The van der Waals surface area contributed by atoms with Crippen LogP contribution in [0.4, 0.5) is 0 Å². The number of carbonyl (C=O) groups is 2. The average Bonchev–Trinajstić information content (AvgIpc) is 2.17. The molecule has 5 heteroatoms. The summed E-state index contributed by atoms with van der Waals surface area (Å²) in [5.74, 6) is -1.79. The van der Waals surface area contributed by atoms with E-state index in [9.17, 15) is 9.59 Å². The number of benzene rings is 1. The molecule has 0 aliphatic carbocycles. The summed E-state index contributed by atoms with van der Waals surface area (Å²) in [5.41, 5.74) is 1.01. The van der Waals surface area contributed by atoms with Crippen molar-refractivity contribution in [1.29, 1.82) is 0 Å². The van der Waals surface area contributed by atoms with Crippen LogP contribution in [0.5, 0.6) is 0 Å². The van der Waals surface area contributed by atoms with E-state index >= 15 is 0 Å². The maximum absolute atomic E-state index is 11.4. The summed E-state index contributed by atoms with van der Waals surface area (Å²) in [6.07, 6.45) is 0. The Hall–Kier alpha value is -1.36. The van der Waals surface area contributed by atoms with Crippen LogP contribution in [-0.2, 0) is 4.79 Å². The lowest BCUT2D eigenvalue weighted by Gasteiger charge is -2.22. The number of carboxylic acids is 1. The second kappa shape index (κ2) is 3.66. The van der Waals surface area contributed by atoms with E-state index < -0.39 is 11.9 Å². The fraction of sp³-hybridized carbons (Fsp3) is 0.200. The highest BCUT2D eigenvalue weighted by molar-refractivity contribution is 9.10. The van der Waals surface area contributed by atoms with E-state index in [4.69, 9.17) is 5.11 Å². The van der Waals surface area contributed by atoms with Gasteiger partial charge in [-0.1, -0.05) is 15.9 Å². The first-order valence-electron chi connectivity index (χ1n) is 4.40. The smallest absolute Gasteiger partial charge is 0.312 e. The first-order chi connectivity index (χ1) is 7.09. The zero-order valence-corrected chi connectivity index (χ0v) is 9.24. The van der Waals surface area contributed by atoms with Crippen molar-refractivity contribution in [3.63, 3.8) is 0 Å². The molecule has 0 saturated heterocycles. The minimum Gasteiger partial charge on any atom is -0.481 e. The van der Waals surface area contributed by atoms with Crippen molar-refractivity contribution in [1.82, 2.24) is 5.32 Å². The molecule has 0 spiro atoms. The molecule has 0 saturated carbocycles. The number of rotatable bonds is 1. The molecule has 15 heavy (non-hydrogen) atoms. The van der Waals surface area contributed by atoms with Crippen LogP contribution >= 0.6 is 15.9 Å². The Morgan fingerprint density at radius 2 is 2.27 bits per heavy atom. The molecule has 0 radical (unpaired) electrons. The third-order valence-electron chi connectivity index (χ3n) is 2.40. The highest BCUT2D eigenvalue weighted by Crippen LogP contribution is 2.27. The Morgan fingerprint density at radius 3 is 2.93 bits per heavy atom. The van der Waals surface area contributed by atoms with Gasteiger partial charge in [0, 0.05) is 16.6 Å². The van der Waals surface area contributed by atoms with Crippen molar-refractivity contribution in [2.75, 3.05) is 6.54 Å². The van der Waals surface area contributed by atoms with Gasteiger partial charge in [0.25, 0.3) is 5.91 Å². The third kappa shape index (κ3) is 1.74. The molecule has 1 unspecified atom stereocenters. The minimum absolute atomic E-state index is 0.150. The molecule has 2 N–H and O–H groups in total. The van der Waals surface area contributed by atoms with Gasteiger partial charge >= 0.3 is 5.97 Å². The maximum atomic E-state index is 11.4. The standard InChI is InChI=1S/C10H8BrNO3/c11-5-1-2-6-7(3-5)8(10(14)15)4-12-9(6)13/h1-3,8H,4H2,(H,12,13)(H,14,15). The minimum atomic E-state index is -0.922. The summed E-state index contributed by atoms with van der Waals surface area (Å²) in [4.78, 5) is 22.4. The number of aliphatic carboxylic acids is 1. The topological polar surface area (TPSA) is 66.4 Å². The molecule has 1 atom stereocenters. The summed E-state index contributed by atoms with van der Waals surface area (Å²) < 4.78 is 0.780. The van der Waals surface area contributed by atoms with Crippen LogP contribution in [0.3, 0.4) is 0 Å². The van der Waals surface area contributed by atoms with Crippen molar-refractivity contribution in [2.45, 2.75) is 5.92 Å². The van der Waals surface area contributed by atoms with Crippen molar-refractivity contribution in [3.8, 4) is 0 Å². The third-order valence-corrected chi connectivity index (χ3v) is 2.89. The average molecular weight is 270 g/mol. The van der Waals surface area contributed by atoms with Crippen molar-refractivity contribution >= 4 is 27.8 Å². The zero-order valence-electron chi connectivity index (χ0n) is 7.66. The summed E-state index contributed by atoms with van der Waals surface area (Å²) in [7, 11) is 0. The van der Waals surface area contributed by atoms with Gasteiger partial charge in [0.2, 0.25) is 0 Å². The molecule has 1 aliphatic rings. The zero-order chi connectivity index (χ0) is 11.0. The molecule has 1 amide bonds. The van der Waals surface area contributed by atoms with Crippen LogP contribution in [-0.4, -0.2) is 23.5 Å². The van der Waals surface area contributed by atoms with E-state index in [2.05, 4.69) is 21.2 Å². The lowest BCUT2D eigenvalue weighted by atomic mass is 9.90. The van der Waals surface area contributed by atoms with Crippen LogP contribution in [0.2, 0.25) is 0 Å². The molecule has 2 rings (SSSR count). The van der Waals surface area contributed by atoms with Gasteiger partial charge in [0.05, 0.1) is 5.92 Å². The quantitative estimate of drug-likeness (QED) is 0.809. The summed E-state index contributed by atoms with van der Waals surface area (Å²) in [6, 6.07) is 5.04. The molecule has 0 bridgehead atoms. The largest absolute Gasteiger partial charge is 0.481 e. The number of carboxylic acid groups (broad SMARTS) is 1. The van der Waals surface area contributed by atoms with E-state index in [1.54, 1.807) is 18.2 Å². The fourth-order valence-corrected chi connectivity index (χ4v) is 2.03. The number of amides is 1. The molecule has 0 aromatic heterocycles. The number of nitrogens with one attached hydrogen (secondary N) is 1. The number of hydrogen-bond donors (Lipinski definition) is 2. The van der Waals surface area contributed by atoms with E-state index in [-0.39, 0.29) is 12.5 Å². The van der Waals surface area contributed by atoms with Gasteiger partial charge in [-0.2, -0.15) is 0 Å². The lowest BCUT2D eigenvalue weighted by Crippen LogP contribution is -2.38. The summed E-state index contributed by atoms with van der Waals surface area (Å²) >= 11 is 3.26. The van der Waals surface area contributed by atoms with Crippen molar-refractivity contribution in [2.24, 2.45) is 0 Å². The Morgan fingerprint density at radius 1 is 1.53 bits per heavy atom. The van der Waals surface area contributed by atoms with Gasteiger partial charge in [-0.25, -0.2) is 0 Å². The summed E-state index contributed by atoms with van der Waals surface area (Å²) in [6.45, 7) is 0.150. The van der Waals surface area contributed by atoms with Crippen molar-refractivity contribution in [3.05, 3.63) is 33.8 Å². The highest BCUT2D eigenvalue weighted by Gasteiger charge is 2.30. The molecule has 1 aliphatic heterocycles. The number of halogens is 1. The monoisotopic (exact) mass is 269 g/mol. The second-order valence-corrected chi connectivity index (χ2v) is 4.25. The van der Waals surface area contributed by atoms with Crippen LogP contribution in [0, 0.1) is 0 Å². The molecular weight excluding hydrogens is 262 g/mol. The van der Waals surface area contributed by atoms with Gasteiger partial charge in [-0.3, -0.25) is 9.59 Å². The Balaban J connectivity index is 2.56. The van der Waals surface area contributed by atoms with Gasteiger partial charge in [0.15, 0.2) is 0 Å². The first-order valence-corrected chi connectivity index (χ1v) is 5.19. The second-order valence-electron chi connectivity index (χ2n) is 3.33. The fourth-order valence-electron chi connectivity index (χ4n) is 1.65.